The SMILES string of the molecule is Cl.O=C(N[C@H]1CCNC1)OCc1ccc([N+](=O)[O-])cc1. The first kappa shape index (κ1) is 16.2. The molecule has 1 fully saturated rings. The molecule has 0 aliphatic carbocycles. The minimum absolute atomic E-state index is 0. The van der Waals surface area contributed by atoms with Crippen LogP contribution in [-0.4, -0.2) is 30.1 Å². The Bertz CT molecular complexity index is 460. The quantitative estimate of drug-likeness (QED) is 0.651. The lowest BCUT2D eigenvalue weighted by molar-refractivity contribution is -0.384. The maximum absolute atomic E-state index is 11.5. The van der Waals surface area contributed by atoms with Gasteiger partial charge in [-0.05, 0) is 30.7 Å². The van der Waals surface area contributed by atoms with E-state index in [1.54, 1.807) is 12.1 Å². The number of benzene rings is 1. The molecule has 1 aliphatic rings. The monoisotopic (exact) mass is 301 g/mol. The lowest BCUT2D eigenvalue weighted by atomic mass is 10.2. The minimum atomic E-state index is -0.468. The molecule has 20 heavy (non-hydrogen) atoms. The normalized spacial score (nSPS) is 17.1. The van der Waals surface area contributed by atoms with Crippen molar-refractivity contribution in [1.82, 2.24) is 10.6 Å². The van der Waals surface area contributed by atoms with E-state index in [0.29, 0.717) is 5.56 Å². The second-order valence-corrected chi connectivity index (χ2v) is 4.33. The molecule has 0 unspecified atom stereocenters. The van der Waals surface area contributed by atoms with Gasteiger partial charge < -0.3 is 15.4 Å². The lowest BCUT2D eigenvalue weighted by Crippen LogP contribution is -2.36. The van der Waals surface area contributed by atoms with Crippen LogP contribution >= 0.6 is 12.4 Å². The number of nitro benzene ring substituents is 1. The van der Waals surface area contributed by atoms with E-state index in [0.717, 1.165) is 19.5 Å². The van der Waals surface area contributed by atoms with Crippen LogP contribution in [0.1, 0.15) is 12.0 Å². The first-order chi connectivity index (χ1) is 9.15. The fraction of sp³-hybridized carbons (Fsp3) is 0.417. The molecule has 7 nitrogen and oxygen atoms in total. The van der Waals surface area contributed by atoms with Crippen molar-refractivity contribution in [3.05, 3.63) is 39.9 Å². The summed E-state index contributed by atoms with van der Waals surface area (Å²) >= 11 is 0. The van der Waals surface area contributed by atoms with Gasteiger partial charge >= 0.3 is 6.09 Å². The Morgan fingerprint density at radius 3 is 2.70 bits per heavy atom. The maximum atomic E-state index is 11.5. The van der Waals surface area contributed by atoms with Gasteiger partial charge in [0.25, 0.3) is 5.69 Å². The molecule has 2 N–H and O–H groups in total. The van der Waals surface area contributed by atoms with Gasteiger partial charge in [-0.15, -0.1) is 12.4 Å². The average molecular weight is 302 g/mol. The van der Waals surface area contributed by atoms with Crippen molar-refractivity contribution in [1.29, 1.82) is 0 Å². The standard InChI is InChI=1S/C12H15N3O4.ClH/c16-12(14-10-5-6-13-7-10)19-8-9-1-3-11(4-2-9)15(17)18;/h1-4,10,13H,5-8H2,(H,14,16);1H/t10-;/m0./s1. The number of hydrogen-bond donors (Lipinski definition) is 2. The Kier molecular flexibility index (Phi) is 6.20. The van der Waals surface area contributed by atoms with E-state index in [2.05, 4.69) is 10.6 Å². The second kappa shape index (κ2) is 7.66. The van der Waals surface area contributed by atoms with Crippen molar-refractivity contribution in [3.63, 3.8) is 0 Å². The zero-order chi connectivity index (χ0) is 13.7. The number of carbonyl (C=O) groups excluding carboxylic acids is 1. The number of alkyl carbamates (subject to hydrolysis) is 1. The van der Waals surface area contributed by atoms with Gasteiger partial charge in [0.1, 0.15) is 6.61 Å². The van der Waals surface area contributed by atoms with Crippen LogP contribution in [0.25, 0.3) is 0 Å². The summed E-state index contributed by atoms with van der Waals surface area (Å²) in [7, 11) is 0. The molecule has 1 atom stereocenters. The number of nitrogens with zero attached hydrogens (tertiary/aromatic N) is 1. The van der Waals surface area contributed by atoms with Crippen LogP contribution in [0.15, 0.2) is 24.3 Å². The predicted octanol–water partition coefficient (Wildman–Crippen LogP) is 1.60. The van der Waals surface area contributed by atoms with E-state index in [1.807, 2.05) is 0 Å². The summed E-state index contributed by atoms with van der Waals surface area (Å²) in [5, 5.41) is 16.4. The average Bonchev–Trinajstić information content (AvgIpc) is 2.89. The molecule has 110 valence electrons. The molecule has 8 heteroatoms. The van der Waals surface area contributed by atoms with Crippen molar-refractivity contribution in [2.45, 2.75) is 19.1 Å². The topological polar surface area (TPSA) is 93.5 Å². The molecule has 1 saturated heterocycles. The van der Waals surface area contributed by atoms with Gasteiger partial charge in [-0.1, -0.05) is 0 Å². The van der Waals surface area contributed by atoms with Crippen LogP contribution in [0.4, 0.5) is 10.5 Å². The summed E-state index contributed by atoms with van der Waals surface area (Å²) < 4.78 is 5.04. The van der Waals surface area contributed by atoms with Crippen molar-refractivity contribution in [2.75, 3.05) is 13.1 Å². The van der Waals surface area contributed by atoms with Crippen LogP contribution in [0.3, 0.4) is 0 Å². The summed E-state index contributed by atoms with van der Waals surface area (Å²) in [6.07, 6.45) is 0.430. The highest BCUT2D eigenvalue weighted by Crippen LogP contribution is 2.12. The number of nitro groups is 1. The van der Waals surface area contributed by atoms with Gasteiger partial charge in [0.15, 0.2) is 0 Å². The van der Waals surface area contributed by atoms with Gasteiger partial charge in [0.05, 0.1) is 4.92 Å². The summed E-state index contributed by atoms with van der Waals surface area (Å²) in [6.45, 7) is 1.75. The lowest BCUT2D eigenvalue weighted by Gasteiger charge is -2.11. The minimum Gasteiger partial charge on any atom is -0.445 e. The molecule has 1 aromatic carbocycles. The fourth-order valence-corrected chi connectivity index (χ4v) is 1.85. The second-order valence-electron chi connectivity index (χ2n) is 4.33. The molecule has 2 rings (SSSR count). The van der Waals surface area contributed by atoms with Crippen LogP contribution in [0.5, 0.6) is 0 Å². The fourth-order valence-electron chi connectivity index (χ4n) is 1.85. The largest absolute Gasteiger partial charge is 0.445 e. The molecule has 1 aromatic rings. The van der Waals surface area contributed by atoms with Crippen molar-refractivity contribution < 1.29 is 14.5 Å². The molecule has 0 spiro atoms. The van der Waals surface area contributed by atoms with E-state index in [4.69, 9.17) is 4.74 Å². The van der Waals surface area contributed by atoms with Crippen molar-refractivity contribution >= 4 is 24.2 Å². The zero-order valence-electron chi connectivity index (χ0n) is 10.7. The van der Waals surface area contributed by atoms with E-state index in [-0.39, 0.29) is 30.7 Å². The first-order valence-corrected chi connectivity index (χ1v) is 6.02. The first-order valence-electron chi connectivity index (χ1n) is 6.02. The van der Waals surface area contributed by atoms with Crippen molar-refractivity contribution in [2.24, 2.45) is 0 Å². The smallest absolute Gasteiger partial charge is 0.407 e. The van der Waals surface area contributed by atoms with Crippen LogP contribution in [0, 0.1) is 10.1 Å². The number of nitrogens with one attached hydrogen (secondary N) is 2. The number of rotatable bonds is 4. The number of ether oxygens (including phenoxy) is 1. The van der Waals surface area contributed by atoms with Gasteiger partial charge in [0.2, 0.25) is 0 Å². The van der Waals surface area contributed by atoms with Crippen molar-refractivity contribution in [3.8, 4) is 0 Å². The van der Waals surface area contributed by atoms with E-state index < -0.39 is 11.0 Å². The summed E-state index contributed by atoms with van der Waals surface area (Å²) in [4.78, 5) is 21.5. The molecule has 1 heterocycles. The van der Waals surface area contributed by atoms with Gasteiger partial charge in [0, 0.05) is 24.7 Å². The molecule has 0 bridgehead atoms. The third-order valence-electron chi connectivity index (χ3n) is 2.90. The van der Waals surface area contributed by atoms with Crippen LogP contribution in [0.2, 0.25) is 0 Å². The Morgan fingerprint density at radius 2 is 2.15 bits per heavy atom. The summed E-state index contributed by atoms with van der Waals surface area (Å²) in [5.74, 6) is 0. The predicted molar refractivity (Wildman–Crippen MR) is 74.9 cm³/mol. The third-order valence-corrected chi connectivity index (χ3v) is 2.90. The molecular formula is C12H16ClN3O4. The highest BCUT2D eigenvalue weighted by molar-refractivity contribution is 5.85. The van der Waals surface area contributed by atoms with Crippen LogP contribution in [-0.2, 0) is 11.3 Å². The highest BCUT2D eigenvalue weighted by Gasteiger charge is 2.17. The van der Waals surface area contributed by atoms with Crippen LogP contribution < -0.4 is 10.6 Å². The number of carbonyl (C=O) groups is 1. The summed E-state index contributed by atoms with van der Waals surface area (Å²) in [5.41, 5.74) is 0.732. The Balaban J connectivity index is 0.00000200. The maximum Gasteiger partial charge on any atom is 0.407 e. The van der Waals surface area contributed by atoms with E-state index in [1.165, 1.54) is 12.1 Å². The summed E-state index contributed by atoms with van der Waals surface area (Å²) in [6, 6.07) is 6.03. The molecule has 0 saturated carbocycles. The number of halogens is 1. The molecule has 1 amide bonds. The molecule has 0 aromatic heterocycles. The Labute approximate surface area is 122 Å². The molecule has 1 aliphatic heterocycles. The number of non-ortho nitro benzene ring substituents is 1. The molecule has 0 radical (unpaired) electrons. The highest BCUT2D eigenvalue weighted by atomic mass is 35.5. The number of amides is 1. The Morgan fingerprint density at radius 1 is 1.45 bits per heavy atom. The number of hydrogen-bond acceptors (Lipinski definition) is 5. The van der Waals surface area contributed by atoms with E-state index >= 15 is 0 Å². The van der Waals surface area contributed by atoms with Gasteiger partial charge in [-0.25, -0.2) is 4.79 Å². The van der Waals surface area contributed by atoms with E-state index in [9.17, 15) is 14.9 Å². The molecular weight excluding hydrogens is 286 g/mol. The zero-order valence-corrected chi connectivity index (χ0v) is 11.5. The Hall–Kier alpha value is -1.86. The van der Waals surface area contributed by atoms with Gasteiger partial charge in [-0.3, -0.25) is 10.1 Å². The third kappa shape index (κ3) is 4.67. The van der Waals surface area contributed by atoms with Gasteiger partial charge in [-0.2, -0.15) is 0 Å².